The molecule has 0 saturated heterocycles. The van der Waals surface area contributed by atoms with Crippen LogP contribution in [0.15, 0.2) is 72.9 Å². The molecule has 6 rings (SSSR count). The van der Waals surface area contributed by atoms with Gasteiger partial charge in [0.15, 0.2) is 0 Å². The molecule has 2 aromatic heterocycles. The van der Waals surface area contributed by atoms with Gasteiger partial charge in [0, 0.05) is 34.8 Å². The molecule has 0 aliphatic carbocycles. The number of carbonyl (C=O) groups is 1. The maximum atomic E-state index is 13.8. The lowest BCUT2D eigenvalue weighted by molar-refractivity contribution is 0.0746. The largest absolute Gasteiger partial charge is 0.497 e. The van der Waals surface area contributed by atoms with E-state index in [1.165, 1.54) is 0 Å². The zero-order valence-electron chi connectivity index (χ0n) is 21.4. The summed E-state index contributed by atoms with van der Waals surface area (Å²) in [6.45, 7) is 0.528. The van der Waals surface area contributed by atoms with Gasteiger partial charge >= 0.3 is 0 Å². The summed E-state index contributed by atoms with van der Waals surface area (Å²) in [6.07, 6.45) is 2.69. The Kier molecular flexibility index (Phi) is 5.99. The molecule has 1 unspecified atom stereocenters. The number of H-pyrrole nitrogens is 2. The van der Waals surface area contributed by atoms with Crippen molar-refractivity contribution in [1.29, 1.82) is 0 Å². The van der Waals surface area contributed by atoms with Crippen molar-refractivity contribution in [2.24, 2.45) is 0 Å². The summed E-state index contributed by atoms with van der Waals surface area (Å²) in [5, 5.41) is 8.70. The van der Waals surface area contributed by atoms with E-state index in [9.17, 15) is 4.79 Å². The highest BCUT2D eigenvalue weighted by molar-refractivity contribution is 6.00. The van der Waals surface area contributed by atoms with Crippen LogP contribution in [0.4, 0.5) is 0 Å². The number of amides is 1. The van der Waals surface area contributed by atoms with Crippen molar-refractivity contribution in [2.75, 3.05) is 27.9 Å². The molecule has 8 heteroatoms. The van der Waals surface area contributed by atoms with Gasteiger partial charge in [0.1, 0.15) is 22.9 Å². The fraction of sp³-hybridized carbons (Fsp3) is 0.200. The molecule has 1 aliphatic heterocycles. The number of hydrogen-bond acceptors (Lipinski definition) is 5. The number of ether oxygens (including phenoxy) is 3. The van der Waals surface area contributed by atoms with Crippen molar-refractivity contribution in [3.63, 3.8) is 0 Å². The molecule has 3 aromatic carbocycles. The van der Waals surface area contributed by atoms with E-state index in [0.717, 1.165) is 56.1 Å². The van der Waals surface area contributed by atoms with Gasteiger partial charge in [-0.15, -0.1) is 0 Å². The van der Waals surface area contributed by atoms with Crippen molar-refractivity contribution < 1.29 is 19.0 Å². The summed E-state index contributed by atoms with van der Waals surface area (Å²) in [6, 6.07) is 21.3. The van der Waals surface area contributed by atoms with Gasteiger partial charge in [-0.2, -0.15) is 5.10 Å². The Morgan fingerprint density at radius 3 is 2.39 bits per heavy atom. The van der Waals surface area contributed by atoms with Gasteiger partial charge in [0.25, 0.3) is 5.91 Å². The summed E-state index contributed by atoms with van der Waals surface area (Å²) in [4.78, 5) is 19.0. The van der Waals surface area contributed by atoms with Gasteiger partial charge in [-0.3, -0.25) is 9.89 Å². The van der Waals surface area contributed by atoms with E-state index in [-0.39, 0.29) is 11.9 Å². The van der Waals surface area contributed by atoms with Crippen LogP contribution < -0.4 is 14.2 Å². The van der Waals surface area contributed by atoms with Crippen molar-refractivity contribution in [1.82, 2.24) is 20.1 Å². The van der Waals surface area contributed by atoms with E-state index < -0.39 is 0 Å². The number of benzene rings is 3. The van der Waals surface area contributed by atoms with Crippen molar-refractivity contribution in [3.8, 4) is 28.5 Å². The van der Waals surface area contributed by atoms with Gasteiger partial charge in [-0.25, -0.2) is 0 Å². The Morgan fingerprint density at radius 1 is 0.895 bits per heavy atom. The van der Waals surface area contributed by atoms with Crippen LogP contribution in [0.1, 0.15) is 33.2 Å². The van der Waals surface area contributed by atoms with Crippen LogP contribution in [0.2, 0.25) is 0 Å². The highest BCUT2D eigenvalue weighted by Gasteiger charge is 2.42. The fourth-order valence-electron chi connectivity index (χ4n) is 5.28. The predicted molar refractivity (Wildman–Crippen MR) is 145 cm³/mol. The van der Waals surface area contributed by atoms with E-state index >= 15 is 0 Å². The maximum absolute atomic E-state index is 13.8. The van der Waals surface area contributed by atoms with Crippen LogP contribution in [-0.4, -0.2) is 53.9 Å². The average molecular weight is 509 g/mol. The molecule has 38 heavy (non-hydrogen) atoms. The van der Waals surface area contributed by atoms with Crippen LogP contribution in [0.3, 0.4) is 0 Å². The van der Waals surface area contributed by atoms with E-state index in [1.807, 2.05) is 77.8 Å². The lowest BCUT2D eigenvalue weighted by Gasteiger charge is -2.26. The molecule has 2 N–H and O–H groups in total. The third-order valence-corrected chi connectivity index (χ3v) is 7.24. The van der Waals surface area contributed by atoms with Crippen LogP contribution in [0, 0.1) is 0 Å². The molecular formula is C30H28N4O4. The highest BCUT2D eigenvalue weighted by atomic mass is 16.5. The molecule has 1 aliphatic rings. The standard InChI is InChI=1S/C30H28N4O4/c1-36-21-9-7-18(8-10-21)29-26-27(19-5-4-6-22(15-19)37-2)32-33-28(26)30(35)34(29)14-13-20-17-31-25-12-11-23(38-3)16-24(20)25/h4-12,15-17,29,31H,13-14H2,1-3H3,(H,32,33). The second-order valence-electron chi connectivity index (χ2n) is 9.24. The Morgan fingerprint density at radius 2 is 1.63 bits per heavy atom. The molecular weight excluding hydrogens is 480 g/mol. The number of nitrogens with zero attached hydrogens (tertiary/aromatic N) is 2. The minimum Gasteiger partial charge on any atom is -0.497 e. The monoisotopic (exact) mass is 508 g/mol. The maximum Gasteiger partial charge on any atom is 0.273 e. The quantitative estimate of drug-likeness (QED) is 0.294. The lowest BCUT2D eigenvalue weighted by Crippen LogP contribution is -2.31. The summed E-state index contributed by atoms with van der Waals surface area (Å²) < 4.78 is 16.3. The molecule has 192 valence electrons. The second kappa shape index (κ2) is 9.63. The summed E-state index contributed by atoms with van der Waals surface area (Å²) in [5.41, 5.74) is 6.17. The Labute approximate surface area is 220 Å². The molecule has 5 aromatic rings. The Balaban J connectivity index is 1.40. The van der Waals surface area contributed by atoms with Gasteiger partial charge in [-0.1, -0.05) is 24.3 Å². The predicted octanol–water partition coefficient (Wildman–Crippen LogP) is 5.37. The normalized spacial score (nSPS) is 14.7. The third kappa shape index (κ3) is 3.94. The first-order chi connectivity index (χ1) is 18.6. The number of aromatic amines is 2. The van der Waals surface area contributed by atoms with Crippen LogP contribution in [0.25, 0.3) is 22.2 Å². The van der Waals surface area contributed by atoms with Crippen molar-refractivity contribution in [3.05, 3.63) is 95.3 Å². The molecule has 0 spiro atoms. The fourth-order valence-corrected chi connectivity index (χ4v) is 5.28. The third-order valence-electron chi connectivity index (χ3n) is 7.24. The van der Waals surface area contributed by atoms with Gasteiger partial charge in [0.2, 0.25) is 0 Å². The summed E-state index contributed by atoms with van der Waals surface area (Å²) in [7, 11) is 4.95. The molecule has 0 saturated carbocycles. The van der Waals surface area contributed by atoms with Crippen LogP contribution in [0.5, 0.6) is 17.2 Å². The first-order valence-corrected chi connectivity index (χ1v) is 12.4. The minimum atomic E-state index is -0.303. The van der Waals surface area contributed by atoms with Crippen LogP contribution in [-0.2, 0) is 6.42 Å². The molecule has 0 radical (unpaired) electrons. The topological polar surface area (TPSA) is 92.5 Å². The number of aromatic nitrogens is 3. The minimum absolute atomic E-state index is 0.0696. The van der Waals surface area contributed by atoms with E-state index in [4.69, 9.17) is 14.2 Å². The first-order valence-electron chi connectivity index (χ1n) is 12.4. The van der Waals surface area contributed by atoms with E-state index in [2.05, 4.69) is 15.2 Å². The first kappa shape index (κ1) is 23.7. The molecule has 1 amide bonds. The molecule has 0 bridgehead atoms. The smallest absolute Gasteiger partial charge is 0.273 e. The molecule has 0 fully saturated rings. The van der Waals surface area contributed by atoms with Gasteiger partial charge < -0.3 is 24.1 Å². The average Bonchev–Trinajstić information content (AvgIpc) is 3.65. The molecule has 3 heterocycles. The number of methoxy groups -OCH3 is 3. The summed E-state index contributed by atoms with van der Waals surface area (Å²) in [5.74, 6) is 2.23. The van der Waals surface area contributed by atoms with Crippen molar-refractivity contribution >= 4 is 16.8 Å². The number of hydrogen-bond donors (Lipinski definition) is 2. The Bertz CT molecular complexity index is 1620. The number of nitrogens with one attached hydrogen (secondary N) is 2. The van der Waals surface area contributed by atoms with E-state index in [0.29, 0.717) is 18.7 Å². The zero-order valence-corrected chi connectivity index (χ0v) is 21.4. The Hall–Kier alpha value is -4.72. The van der Waals surface area contributed by atoms with E-state index in [1.54, 1.807) is 21.3 Å². The number of fused-ring (bicyclic) bond motifs is 2. The van der Waals surface area contributed by atoms with Crippen LogP contribution >= 0.6 is 0 Å². The SMILES string of the molecule is COc1ccc(C2c3c(-c4cccc(OC)c4)n[nH]c3C(=O)N2CCc2c[nH]c3ccc(OC)cc23)cc1. The summed E-state index contributed by atoms with van der Waals surface area (Å²) >= 11 is 0. The second-order valence-corrected chi connectivity index (χ2v) is 9.24. The number of rotatable bonds is 8. The molecule has 8 nitrogen and oxygen atoms in total. The lowest BCUT2D eigenvalue weighted by atomic mass is 9.95. The van der Waals surface area contributed by atoms with Crippen molar-refractivity contribution in [2.45, 2.75) is 12.5 Å². The molecule has 1 atom stereocenters. The number of carbonyl (C=O) groups excluding carboxylic acids is 1. The van der Waals surface area contributed by atoms with Gasteiger partial charge in [-0.05, 0) is 60.0 Å². The highest BCUT2D eigenvalue weighted by Crippen LogP contribution is 2.43. The van der Waals surface area contributed by atoms with Gasteiger partial charge in [0.05, 0.1) is 33.1 Å². The zero-order chi connectivity index (χ0) is 26.2.